The number of ether oxygens (including phenoxy) is 1. The zero-order valence-electron chi connectivity index (χ0n) is 18.9. The van der Waals surface area contributed by atoms with Crippen LogP contribution in [-0.4, -0.2) is 72.1 Å². The van der Waals surface area contributed by atoms with E-state index in [4.69, 9.17) is 14.1 Å². The van der Waals surface area contributed by atoms with E-state index >= 15 is 0 Å². The van der Waals surface area contributed by atoms with Crippen LogP contribution in [-0.2, 0) is 14.3 Å². The number of likely N-dealkylation sites (N-methyl/N-ethyl adjacent to an activating group) is 1. The molecule has 2 aromatic rings. The van der Waals surface area contributed by atoms with Gasteiger partial charge < -0.3 is 24.3 Å². The number of nitrogens with one attached hydrogen (secondary N) is 1. The highest BCUT2D eigenvalue weighted by Gasteiger charge is 2.42. The van der Waals surface area contributed by atoms with Gasteiger partial charge >= 0.3 is 12.0 Å². The zero-order valence-corrected chi connectivity index (χ0v) is 18.9. The van der Waals surface area contributed by atoms with Crippen LogP contribution in [0.25, 0.3) is 11.1 Å². The molecule has 10 nitrogen and oxygen atoms in total. The van der Waals surface area contributed by atoms with Crippen LogP contribution >= 0.6 is 0 Å². The lowest BCUT2D eigenvalue weighted by Gasteiger charge is -2.34. The first-order chi connectivity index (χ1) is 15.2. The predicted octanol–water partition coefficient (Wildman–Crippen LogP) is 2.11. The Labute approximate surface area is 186 Å². The van der Waals surface area contributed by atoms with Crippen LogP contribution in [0.15, 0.2) is 22.6 Å². The molecule has 0 radical (unpaired) electrons. The molecule has 4 rings (SSSR count). The number of rotatable bonds is 5. The molecular weight excluding hydrogens is 414 g/mol. The number of anilines is 1. The Bertz CT molecular complexity index is 1030. The lowest BCUT2D eigenvalue weighted by molar-refractivity contribution is -0.158. The van der Waals surface area contributed by atoms with Gasteiger partial charge in [-0.1, -0.05) is 6.92 Å². The molecular formula is C22H29N5O5. The fourth-order valence-electron chi connectivity index (χ4n) is 3.72. The van der Waals surface area contributed by atoms with Crippen LogP contribution in [0.1, 0.15) is 39.5 Å². The number of nitrogens with zero attached hydrogens (tertiary/aromatic N) is 4. The smallest absolute Gasteiger partial charge is 0.327 e. The number of hydrogen-bond acceptors (Lipinski definition) is 8. The number of furan rings is 1. The lowest BCUT2D eigenvalue weighted by Crippen LogP contribution is -2.46. The molecule has 3 amide bonds. The maximum Gasteiger partial charge on any atom is 0.327 e. The molecule has 2 saturated heterocycles. The van der Waals surface area contributed by atoms with E-state index in [0.717, 1.165) is 43.4 Å². The van der Waals surface area contributed by atoms with Crippen molar-refractivity contribution in [1.82, 2.24) is 20.1 Å². The average Bonchev–Trinajstić information content (AvgIpc) is 3.31. The molecule has 10 heteroatoms. The molecule has 0 unspecified atom stereocenters. The van der Waals surface area contributed by atoms with Gasteiger partial charge in [0.25, 0.3) is 5.91 Å². The van der Waals surface area contributed by atoms with E-state index in [0.29, 0.717) is 16.9 Å². The fourth-order valence-corrected chi connectivity index (χ4v) is 3.72. The summed E-state index contributed by atoms with van der Waals surface area (Å²) in [6.45, 7) is 11.6. The van der Waals surface area contributed by atoms with Gasteiger partial charge in [0.1, 0.15) is 17.1 Å². The Kier molecular flexibility index (Phi) is 5.81. The number of carbonyl (C=O) groups excluding carboxylic acids is 3. The number of amides is 3. The van der Waals surface area contributed by atoms with Gasteiger partial charge in [0, 0.05) is 32.2 Å². The summed E-state index contributed by atoms with van der Waals surface area (Å²) in [5.74, 6) is 0.120. The van der Waals surface area contributed by atoms with Crippen LogP contribution in [0.4, 0.5) is 10.6 Å². The molecule has 2 aliphatic heterocycles. The van der Waals surface area contributed by atoms with Gasteiger partial charge in [0.05, 0.1) is 5.41 Å². The van der Waals surface area contributed by atoms with Gasteiger partial charge in [-0.05, 0) is 39.4 Å². The maximum absolute atomic E-state index is 12.8. The van der Waals surface area contributed by atoms with Crippen molar-refractivity contribution in [3.63, 3.8) is 0 Å². The van der Waals surface area contributed by atoms with Crippen LogP contribution in [0, 0.1) is 5.41 Å². The van der Waals surface area contributed by atoms with Gasteiger partial charge in [-0.25, -0.2) is 14.7 Å². The van der Waals surface area contributed by atoms with E-state index in [2.05, 4.69) is 22.0 Å². The molecule has 0 aromatic carbocycles. The quantitative estimate of drug-likeness (QED) is 0.553. The molecule has 32 heavy (non-hydrogen) atoms. The predicted molar refractivity (Wildman–Crippen MR) is 117 cm³/mol. The van der Waals surface area contributed by atoms with Gasteiger partial charge in [-0.3, -0.25) is 9.59 Å². The van der Waals surface area contributed by atoms with Crippen molar-refractivity contribution >= 4 is 34.8 Å². The highest BCUT2D eigenvalue weighted by atomic mass is 16.5. The third kappa shape index (κ3) is 4.27. The molecule has 172 valence electrons. The first kappa shape index (κ1) is 22.1. The van der Waals surface area contributed by atoms with Crippen molar-refractivity contribution in [3.05, 3.63) is 24.0 Å². The third-order valence-corrected chi connectivity index (χ3v) is 5.77. The lowest BCUT2D eigenvalue weighted by atomic mass is 9.98. The Morgan fingerprint density at radius 3 is 2.59 bits per heavy atom. The van der Waals surface area contributed by atoms with Crippen LogP contribution in [0.5, 0.6) is 0 Å². The van der Waals surface area contributed by atoms with Crippen LogP contribution in [0.3, 0.4) is 0 Å². The molecule has 1 N–H and O–H groups in total. The normalized spacial score (nSPS) is 20.2. The molecule has 0 spiro atoms. The minimum atomic E-state index is -0.985. The highest BCUT2D eigenvalue weighted by molar-refractivity contribution is 6.04. The van der Waals surface area contributed by atoms with E-state index in [1.165, 1.54) is 0 Å². The second-order valence-corrected chi connectivity index (χ2v) is 9.08. The number of pyridine rings is 1. The van der Waals surface area contributed by atoms with Crippen molar-refractivity contribution in [3.8, 4) is 0 Å². The number of aromatic nitrogens is 1. The van der Waals surface area contributed by atoms with E-state index in [-0.39, 0.29) is 0 Å². The minimum absolute atomic E-state index is 0.295. The van der Waals surface area contributed by atoms with E-state index in [9.17, 15) is 14.4 Å². The second kappa shape index (κ2) is 8.42. The summed E-state index contributed by atoms with van der Waals surface area (Å²) < 4.78 is 10.9. The number of hydrogen-bond donors (Lipinski definition) is 1. The SMILES string of the molecule is CCN1CCN(c2ccc3oc([C@@H]4NC(=O)N(COC(=O)C(C)(C)C)C4=O)cc3n2)CC1. The van der Waals surface area contributed by atoms with Gasteiger partial charge in [-0.2, -0.15) is 0 Å². The second-order valence-electron chi connectivity index (χ2n) is 9.08. The molecule has 2 fully saturated rings. The van der Waals surface area contributed by atoms with E-state index in [1.807, 2.05) is 12.1 Å². The first-order valence-corrected chi connectivity index (χ1v) is 10.8. The number of imide groups is 1. The summed E-state index contributed by atoms with van der Waals surface area (Å²) in [5, 5.41) is 2.59. The number of carbonyl (C=O) groups is 3. The number of piperazine rings is 1. The van der Waals surface area contributed by atoms with Crippen molar-refractivity contribution < 1.29 is 23.5 Å². The van der Waals surface area contributed by atoms with Crippen molar-refractivity contribution in [2.45, 2.75) is 33.7 Å². The summed E-state index contributed by atoms with van der Waals surface area (Å²) in [7, 11) is 0. The zero-order chi connectivity index (χ0) is 23.0. The summed E-state index contributed by atoms with van der Waals surface area (Å²) in [5.41, 5.74) is 0.426. The molecule has 4 heterocycles. The Hall–Kier alpha value is -3.14. The maximum atomic E-state index is 12.8. The molecule has 0 aliphatic carbocycles. The monoisotopic (exact) mass is 443 g/mol. The topological polar surface area (TPSA) is 108 Å². The van der Waals surface area contributed by atoms with Crippen molar-refractivity contribution in [2.24, 2.45) is 5.41 Å². The fraction of sp³-hybridized carbons (Fsp3) is 0.545. The summed E-state index contributed by atoms with van der Waals surface area (Å²) >= 11 is 0. The first-order valence-electron chi connectivity index (χ1n) is 10.8. The van der Waals surface area contributed by atoms with Gasteiger partial charge in [0.2, 0.25) is 0 Å². The molecule has 0 bridgehead atoms. The standard InChI is InChI=1S/C22H29N5O5/c1-5-25-8-10-26(11-9-25)17-7-6-15-14(23-17)12-16(32-15)18-19(28)27(21(30)24-18)13-31-20(29)22(2,3)4/h6-7,12,18H,5,8-11,13H2,1-4H3,(H,24,30)/t18-/m0/s1. The largest absolute Gasteiger partial charge is 0.457 e. The third-order valence-electron chi connectivity index (χ3n) is 5.77. The number of urea groups is 1. The molecule has 2 aliphatic rings. The van der Waals surface area contributed by atoms with Gasteiger partial charge in [0.15, 0.2) is 18.4 Å². The molecule has 0 saturated carbocycles. The van der Waals surface area contributed by atoms with Crippen molar-refractivity contribution in [1.29, 1.82) is 0 Å². The van der Waals surface area contributed by atoms with E-state index in [1.54, 1.807) is 26.8 Å². The highest BCUT2D eigenvalue weighted by Crippen LogP contribution is 2.29. The van der Waals surface area contributed by atoms with Crippen LogP contribution in [0.2, 0.25) is 0 Å². The summed E-state index contributed by atoms with van der Waals surface area (Å²) in [4.78, 5) is 47.2. The van der Waals surface area contributed by atoms with Crippen molar-refractivity contribution in [2.75, 3.05) is 44.4 Å². The number of esters is 1. The Morgan fingerprint density at radius 1 is 1.22 bits per heavy atom. The number of fused-ring (bicyclic) bond motifs is 1. The Morgan fingerprint density at radius 2 is 1.94 bits per heavy atom. The van der Waals surface area contributed by atoms with E-state index < -0.39 is 36.1 Å². The molecule has 2 aromatic heterocycles. The summed E-state index contributed by atoms with van der Waals surface area (Å²) in [6.07, 6.45) is 0. The minimum Gasteiger partial charge on any atom is -0.457 e. The van der Waals surface area contributed by atoms with Gasteiger partial charge in [-0.15, -0.1) is 0 Å². The molecule has 1 atom stereocenters. The van der Waals surface area contributed by atoms with Crippen LogP contribution < -0.4 is 10.2 Å². The Balaban J connectivity index is 1.47. The summed E-state index contributed by atoms with van der Waals surface area (Å²) in [6, 6.07) is 3.79. The average molecular weight is 444 g/mol.